The van der Waals surface area contributed by atoms with E-state index in [2.05, 4.69) is 22.9 Å². The molecule has 0 unspecified atom stereocenters. The number of hydrogen-bond donors (Lipinski definition) is 0. The van der Waals surface area contributed by atoms with E-state index in [1.807, 2.05) is 0 Å². The van der Waals surface area contributed by atoms with E-state index in [-0.39, 0.29) is 0 Å². The van der Waals surface area contributed by atoms with Crippen molar-refractivity contribution in [1.82, 2.24) is 0 Å². The smallest absolute Gasteiger partial charge is 0.0701 e. The Balaban J connectivity index is 3.03. The Kier molecular flexibility index (Phi) is 45.2. The number of rotatable bonds is 43. The fourth-order valence-electron chi connectivity index (χ4n) is 4.67. The van der Waals surface area contributed by atoms with Crippen LogP contribution < -0.4 is 0 Å². The molecule has 0 atom stereocenters. The highest BCUT2D eigenvalue weighted by molar-refractivity contribution is 9.09. The van der Waals surface area contributed by atoms with Crippen LogP contribution in [0, 0.1) is 0 Å². The summed E-state index contributed by atoms with van der Waals surface area (Å²) in [6, 6.07) is 0. The molecule has 0 aromatic rings. The molecule has 9 nitrogen and oxygen atoms in total. The minimum Gasteiger partial charge on any atom is -0.379 e. The van der Waals surface area contributed by atoms with Crippen LogP contribution in [0.4, 0.5) is 0 Å². The van der Waals surface area contributed by atoms with Gasteiger partial charge in [-0.1, -0.05) is 119 Å². The van der Waals surface area contributed by atoms with Gasteiger partial charge < -0.3 is 42.6 Å². The van der Waals surface area contributed by atoms with Crippen LogP contribution >= 0.6 is 15.9 Å². The summed E-state index contributed by atoms with van der Waals surface area (Å²) in [5, 5.41) is 0.845. The Labute approximate surface area is 291 Å². The second kappa shape index (κ2) is 45.1. The Morgan fingerprint density at radius 3 is 0.674 bits per heavy atom. The van der Waals surface area contributed by atoms with Crippen LogP contribution in [0.15, 0.2) is 0 Å². The largest absolute Gasteiger partial charge is 0.379 e. The first-order valence-corrected chi connectivity index (χ1v) is 19.8. The third-order valence-electron chi connectivity index (χ3n) is 7.34. The van der Waals surface area contributed by atoms with Gasteiger partial charge in [0.25, 0.3) is 0 Å². The van der Waals surface area contributed by atoms with Gasteiger partial charge in [-0.3, -0.25) is 0 Å². The molecule has 0 aliphatic carbocycles. The van der Waals surface area contributed by atoms with Gasteiger partial charge >= 0.3 is 0 Å². The highest BCUT2D eigenvalue weighted by Crippen LogP contribution is 2.13. The quantitative estimate of drug-likeness (QED) is 0.0462. The highest BCUT2D eigenvalue weighted by atomic mass is 79.9. The summed E-state index contributed by atoms with van der Waals surface area (Å²) in [4.78, 5) is 0. The van der Waals surface area contributed by atoms with Crippen LogP contribution in [-0.2, 0) is 42.6 Å². The molecule has 0 spiro atoms. The standard InChI is InChI=1S/C36H73BrO9/c1-2-3-4-5-6-7-8-9-10-11-12-13-14-15-16-17-19-38-21-23-40-25-27-42-29-31-44-33-35-46-36-34-45-32-30-43-28-26-41-24-22-39-20-18-37/h2-36H2,1H3. The fourth-order valence-corrected chi connectivity index (χ4v) is 4.90. The van der Waals surface area contributed by atoms with E-state index in [4.69, 9.17) is 42.6 Å². The Morgan fingerprint density at radius 2 is 0.435 bits per heavy atom. The Hall–Kier alpha value is 0.120. The van der Waals surface area contributed by atoms with Gasteiger partial charge in [-0.2, -0.15) is 0 Å². The molecule has 0 fully saturated rings. The minimum atomic E-state index is 0.540. The molecule has 10 heteroatoms. The molecule has 46 heavy (non-hydrogen) atoms. The van der Waals surface area contributed by atoms with Crippen LogP contribution in [-0.4, -0.2) is 124 Å². The average molecular weight is 730 g/mol. The van der Waals surface area contributed by atoms with E-state index >= 15 is 0 Å². The van der Waals surface area contributed by atoms with E-state index in [9.17, 15) is 0 Å². The summed E-state index contributed by atoms with van der Waals surface area (Å²) in [7, 11) is 0. The minimum absolute atomic E-state index is 0.540. The van der Waals surface area contributed by atoms with Gasteiger partial charge in [-0.25, -0.2) is 0 Å². The van der Waals surface area contributed by atoms with Crippen LogP contribution in [0.2, 0.25) is 0 Å². The molecule has 0 aromatic heterocycles. The van der Waals surface area contributed by atoms with E-state index < -0.39 is 0 Å². The Bertz CT molecular complexity index is 476. The molecular weight excluding hydrogens is 656 g/mol. The van der Waals surface area contributed by atoms with Crippen LogP contribution in [0.3, 0.4) is 0 Å². The Morgan fingerprint density at radius 1 is 0.239 bits per heavy atom. The molecule has 0 bridgehead atoms. The number of hydrogen-bond acceptors (Lipinski definition) is 9. The maximum Gasteiger partial charge on any atom is 0.0701 e. The predicted octanol–water partition coefficient (Wildman–Crippen LogP) is 7.79. The summed E-state index contributed by atoms with van der Waals surface area (Å²) in [6.07, 6.45) is 22.3. The second-order valence-electron chi connectivity index (χ2n) is 11.5. The van der Waals surface area contributed by atoms with E-state index in [0.29, 0.717) is 112 Å². The molecule has 0 aromatic carbocycles. The van der Waals surface area contributed by atoms with Crippen molar-refractivity contribution in [3.05, 3.63) is 0 Å². The highest BCUT2D eigenvalue weighted by Gasteiger charge is 1.97. The number of alkyl halides is 1. The molecule has 0 amide bonds. The monoisotopic (exact) mass is 728 g/mol. The first kappa shape index (κ1) is 46.1. The van der Waals surface area contributed by atoms with Crippen molar-refractivity contribution in [2.45, 2.75) is 110 Å². The molecule has 0 rings (SSSR count). The van der Waals surface area contributed by atoms with Crippen molar-refractivity contribution in [3.63, 3.8) is 0 Å². The lowest BCUT2D eigenvalue weighted by Gasteiger charge is -2.09. The third-order valence-corrected chi connectivity index (χ3v) is 7.66. The summed E-state index contributed by atoms with van der Waals surface area (Å²) < 4.78 is 49.4. The van der Waals surface area contributed by atoms with Crippen molar-refractivity contribution in [1.29, 1.82) is 0 Å². The van der Waals surface area contributed by atoms with Gasteiger partial charge in [-0.15, -0.1) is 0 Å². The van der Waals surface area contributed by atoms with Crippen LogP contribution in [0.5, 0.6) is 0 Å². The number of ether oxygens (including phenoxy) is 9. The van der Waals surface area contributed by atoms with Crippen LogP contribution in [0.25, 0.3) is 0 Å². The maximum absolute atomic E-state index is 5.69. The van der Waals surface area contributed by atoms with Gasteiger partial charge in [0.2, 0.25) is 0 Å². The van der Waals surface area contributed by atoms with Crippen molar-refractivity contribution in [2.75, 3.05) is 124 Å². The summed E-state index contributed by atoms with van der Waals surface area (Å²) in [5.41, 5.74) is 0. The zero-order valence-electron chi connectivity index (χ0n) is 29.8. The first-order chi connectivity index (χ1) is 22.9. The SMILES string of the molecule is CCCCCCCCCCCCCCCCCCOCCOCCOCCOCCOCCOCCOCCOCCOCCBr. The summed E-state index contributed by atoms with van der Waals surface area (Å²) in [5.74, 6) is 0. The summed E-state index contributed by atoms with van der Waals surface area (Å²) in [6.45, 7) is 12.9. The molecule has 0 N–H and O–H groups in total. The molecule has 0 heterocycles. The van der Waals surface area contributed by atoms with Crippen molar-refractivity contribution >= 4 is 15.9 Å². The van der Waals surface area contributed by atoms with Gasteiger partial charge in [-0.05, 0) is 6.42 Å². The maximum atomic E-state index is 5.69. The molecule has 0 aliphatic rings. The first-order valence-electron chi connectivity index (χ1n) is 18.7. The van der Waals surface area contributed by atoms with Crippen LogP contribution in [0.1, 0.15) is 110 Å². The fraction of sp³-hybridized carbons (Fsp3) is 1.00. The van der Waals surface area contributed by atoms with Crippen molar-refractivity contribution < 1.29 is 42.6 Å². The lowest BCUT2D eigenvalue weighted by Crippen LogP contribution is -2.15. The second-order valence-corrected chi connectivity index (χ2v) is 12.3. The normalized spacial score (nSPS) is 11.6. The van der Waals surface area contributed by atoms with Gasteiger partial charge in [0.15, 0.2) is 0 Å². The molecule has 278 valence electrons. The van der Waals surface area contributed by atoms with Gasteiger partial charge in [0, 0.05) is 11.9 Å². The summed E-state index contributed by atoms with van der Waals surface area (Å²) >= 11 is 3.31. The van der Waals surface area contributed by atoms with Gasteiger partial charge in [0.05, 0.1) is 112 Å². The molecule has 0 saturated heterocycles. The number of halogens is 1. The molecule has 0 radical (unpaired) electrons. The van der Waals surface area contributed by atoms with E-state index in [1.54, 1.807) is 0 Å². The van der Waals surface area contributed by atoms with Crippen molar-refractivity contribution in [2.24, 2.45) is 0 Å². The third kappa shape index (κ3) is 44.1. The van der Waals surface area contributed by atoms with E-state index in [0.717, 1.165) is 18.4 Å². The average Bonchev–Trinajstić information content (AvgIpc) is 3.07. The lowest BCUT2D eigenvalue weighted by atomic mass is 10.0. The molecule has 0 saturated carbocycles. The zero-order valence-corrected chi connectivity index (χ0v) is 31.4. The lowest BCUT2D eigenvalue weighted by molar-refractivity contribution is -0.0248. The van der Waals surface area contributed by atoms with Crippen molar-refractivity contribution in [3.8, 4) is 0 Å². The van der Waals surface area contributed by atoms with Gasteiger partial charge in [0.1, 0.15) is 0 Å². The molecule has 0 aliphatic heterocycles. The zero-order chi connectivity index (χ0) is 33.1. The van der Waals surface area contributed by atoms with E-state index in [1.165, 1.54) is 96.3 Å². The molecular formula is C36H73BrO9. The number of unbranched alkanes of at least 4 members (excludes halogenated alkanes) is 15. The topological polar surface area (TPSA) is 83.1 Å². The predicted molar refractivity (Wildman–Crippen MR) is 191 cm³/mol.